The first-order valence-electron chi connectivity index (χ1n) is 6.42. The minimum absolute atomic E-state index is 0.206. The van der Waals surface area contributed by atoms with Gasteiger partial charge in [0.2, 0.25) is 0 Å². The zero-order valence-electron chi connectivity index (χ0n) is 12.2. The number of benzene rings is 1. The van der Waals surface area contributed by atoms with Crippen LogP contribution in [0.5, 0.6) is 0 Å². The minimum Gasteiger partial charge on any atom is -0.272 e. The lowest BCUT2D eigenvalue weighted by molar-refractivity contribution is 0.590. The van der Waals surface area contributed by atoms with Gasteiger partial charge in [0.15, 0.2) is 0 Å². The van der Waals surface area contributed by atoms with E-state index in [0.29, 0.717) is 0 Å². The number of aromatic nitrogens is 2. The topological polar surface area (TPSA) is 17.8 Å². The second-order valence-electron chi connectivity index (χ2n) is 6.00. The first-order valence-corrected chi connectivity index (χ1v) is 6.42. The van der Waals surface area contributed by atoms with Crippen LogP contribution in [-0.4, -0.2) is 9.78 Å². The van der Waals surface area contributed by atoms with Gasteiger partial charge in [-0.2, -0.15) is 5.10 Å². The standard InChI is InChI=1S/C16H22N2/c1-11-15(12(2)18(6)17-11)13-7-9-14(10-8-13)16(3,4)5/h7-10H,1-6H3. The highest BCUT2D eigenvalue weighted by Gasteiger charge is 2.15. The predicted molar refractivity (Wildman–Crippen MR) is 76.8 cm³/mol. The fourth-order valence-electron chi connectivity index (χ4n) is 2.33. The molecule has 2 heteroatoms. The molecule has 2 aromatic rings. The molecule has 0 saturated heterocycles. The Morgan fingerprint density at radius 3 is 1.94 bits per heavy atom. The lowest BCUT2D eigenvalue weighted by Gasteiger charge is -2.19. The highest BCUT2D eigenvalue weighted by molar-refractivity contribution is 5.68. The van der Waals surface area contributed by atoms with Gasteiger partial charge in [-0.05, 0) is 30.4 Å². The summed E-state index contributed by atoms with van der Waals surface area (Å²) in [5.41, 5.74) is 6.40. The van der Waals surface area contributed by atoms with Gasteiger partial charge in [-0.25, -0.2) is 0 Å². The van der Waals surface area contributed by atoms with Crippen LogP contribution in [0.1, 0.15) is 37.7 Å². The molecule has 0 aliphatic carbocycles. The van der Waals surface area contributed by atoms with Crippen LogP contribution < -0.4 is 0 Å². The Labute approximate surface area is 110 Å². The molecule has 0 unspecified atom stereocenters. The summed E-state index contributed by atoms with van der Waals surface area (Å²) in [4.78, 5) is 0. The zero-order chi connectivity index (χ0) is 13.5. The minimum atomic E-state index is 0.206. The maximum absolute atomic E-state index is 4.47. The summed E-state index contributed by atoms with van der Waals surface area (Å²) in [5.74, 6) is 0. The van der Waals surface area contributed by atoms with Crippen LogP contribution in [0.4, 0.5) is 0 Å². The summed E-state index contributed by atoms with van der Waals surface area (Å²) >= 11 is 0. The highest BCUT2D eigenvalue weighted by atomic mass is 15.3. The molecule has 0 amide bonds. The van der Waals surface area contributed by atoms with E-state index in [4.69, 9.17) is 0 Å². The normalized spacial score (nSPS) is 11.9. The summed E-state index contributed by atoms with van der Waals surface area (Å²) in [5, 5.41) is 4.47. The van der Waals surface area contributed by atoms with E-state index in [-0.39, 0.29) is 5.41 Å². The molecule has 0 radical (unpaired) electrons. The van der Waals surface area contributed by atoms with E-state index in [9.17, 15) is 0 Å². The van der Waals surface area contributed by atoms with Crippen molar-refractivity contribution in [3.8, 4) is 11.1 Å². The Morgan fingerprint density at radius 1 is 1.00 bits per heavy atom. The van der Waals surface area contributed by atoms with Crippen LogP contribution >= 0.6 is 0 Å². The average molecular weight is 242 g/mol. The van der Waals surface area contributed by atoms with Gasteiger partial charge in [0, 0.05) is 18.3 Å². The van der Waals surface area contributed by atoms with E-state index < -0.39 is 0 Å². The number of nitrogens with zero attached hydrogens (tertiary/aromatic N) is 2. The predicted octanol–water partition coefficient (Wildman–Crippen LogP) is 4.00. The number of hydrogen-bond donors (Lipinski definition) is 0. The van der Waals surface area contributed by atoms with Crippen molar-refractivity contribution >= 4 is 0 Å². The van der Waals surface area contributed by atoms with Gasteiger partial charge >= 0.3 is 0 Å². The molecule has 0 atom stereocenters. The van der Waals surface area contributed by atoms with Crippen molar-refractivity contribution in [1.29, 1.82) is 0 Å². The third kappa shape index (κ3) is 2.20. The van der Waals surface area contributed by atoms with Crippen molar-refractivity contribution in [2.24, 2.45) is 7.05 Å². The van der Waals surface area contributed by atoms with E-state index >= 15 is 0 Å². The molecule has 0 aliphatic heterocycles. The molecule has 2 nitrogen and oxygen atoms in total. The monoisotopic (exact) mass is 242 g/mol. The fourth-order valence-corrected chi connectivity index (χ4v) is 2.33. The molecule has 0 spiro atoms. The van der Waals surface area contributed by atoms with Gasteiger partial charge in [-0.15, -0.1) is 0 Å². The Kier molecular flexibility index (Phi) is 3.05. The fraction of sp³-hybridized carbons (Fsp3) is 0.438. The van der Waals surface area contributed by atoms with Crippen molar-refractivity contribution in [3.05, 3.63) is 41.2 Å². The highest BCUT2D eigenvalue weighted by Crippen LogP contribution is 2.29. The third-order valence-electron chi connectivity index (χ3n) is 3.55. The lowest BCUT2D eigenvalue weighted by Crippen LogP contribution is -2.10. The van der Waals surface area contributed by atoms with E-state index in [1.54, 1.807) is 0 Å². The molecule has 1 aromatic heterocycles. The first kappa shape index (κ1) is 12.9. The molecule has 0 aliphatic rings. The van der Waals surface area contributed by atoms with Crippen LogP contribution in [0.25, 0.3) is 11.1 Å². The number of aryl methyl sites for hydroxylation is 2. The SMILES string of the molecule is Cc1nn(C)c(C)c1-c1ccc(C(C)(C)C)cc1. The molecule has 0 bridgehead atoms. The first-order chi connectivity index (χ1) is 8.30. The number of hydrogen-bond acceptors (Lipinski definition) is 1. The van der Waals surface area contributed by atoms with Crippen molar-refractivity contribution < 1.29 is 0 Å². The summed E-state index contributed by atoms with van der Waals surface area (Å²) in [6, 6.07) is 8.86. The molecule has 0 saturated carbocycles. The second-order valence-corrected chi connectivity index (χ2v) is 6.00. The Morgan fingerprint density at radius 2 is 1.56 bits per heavy atom. The molecule has 0 fully saturated rings. The van der Waals surface area contributed by atoms with Gasteiger partial charge in [0.1, 0.15) is 0 Å². The second kappa shape index (κ2) is 4.27. The van der Waals surface area contributed by atoms with E-state index in [1.807, 2.05) is 11.7 Å². The van der Waals surface area contributed by atoms with Gasteiger partial charge in [0.05, 0.1) is 5.69 Å². The van der Waals surface area contributed by atoms with Crippen LogP contribution in [0.15, 0.2) is 24.3 Å². The van der Waals surface area contributed by atoms with Crippen LogP contribution in [0, 0.1) is 13.8 Å². The van der Waals surface area contributed by atoms with Gasteiger partial charge in [-0.1, -0.05) is 45.0 Å². The quantitative estimate of drug-likeness (QED) is 0.739. The molecule has 96 valence electrons. The summed E-state index contributed by atoms with van der Waals surface area (Å²) < 4.78 is 1.95. The number of rotatable bonds is 1. The van der Waals surface area contributed by atoms with Gasteiger partial charge in [-0.3, -0.25) is 4.68 Å². The van der Waals surface area contributed by atoms with Crippen LogP contribution in [0.2, 0.25) is 0 Å². The molecule has 1 aromatic carbocycles. The maximum atomic E-state index is 4.47. The molecule has 18 heavy (non-hydrogen) atoms. The molecule has 0 N–H and O–H groups in total. The van der Waals surface area contributed by atoms with E-state index in [0.717, 1.165) is 5.69 Å². The van der Waals surface area contributed by atoms with Crippen LogP contribution in [-0.2, 0) is 12.5 Å². The molecule has 1 heterocycles. The maximum Gasteiger partial charge on any atom is 0.0674 e. The summed E-state index contributed by atoms with van der Waals surface area (Å²) in [6.07, 6.45) is 0. The Bertz CT molecular complexity index is 554. The molecular formula is C16H22N2. The van der Waals surface area contributed by atoms with E-state index in [1.165, 1.54) is 22.4 Å². The van der Waals surface area contributed by atoms with Gasteiger partial charge in [0.25, 0.3) is 0 Å². The smallest absolute Gasteiger partial charge is 0.0674 e. The van der Waals surface area contributed by atoms with Gasteiger partial charge < -0.3 is 0 Å². The lowest BCUT2D eigenvalue weighted by atomic mass is 9.86. The summed E-state index contributed by atoms with van der Waals surface area (Å²) in [6.45, 7) is 10.9. The van der Waals surface area contributed by atoms with E-state index in [2.05, 4.69) is 64.0 Å². The zero-order valence-corrected chi connectivity index (χ0v) is 12.2. The van der Waals surface area contributed by atoms with Crippen LogP contribution in [0.3, 0.4) is 0 Å². The Balaban J connectivity index is 2.47. The summed E-state index contributed by atoms with van der Waals surface area (Å²) in [7, 11) is 2.00. The average Bonchev–Trinajstić information content (AvgIpc) is 2.52. The van der Waals surface area contributed by atoms with Crippen molar-refractivity contribution in [1.82, 2.24) is 9.78 Å². The van der Waals surface area contributed by atoms with Crippen molar-refractivity contribution in [3.63, 3.8) is 0 Å². The largest absolute Gasteiger partial charge is 0.272 e. The molecular weight excluding hydrogens is 220 g/mol. The molecule has 2 rings (SSSR count). The van der Waals surface area contributed by atoms with Crippen molar-refractivity contribution in [2.45, 2.75) is 40.0 Å². The third-order valence-corrected chi connectivity index (χ3v) is 3.55. The Hall–Kier alpha value is -1.57. The van der Waals surface area contributed by atoms with Crippen molar-refractivity contribution in [2.75, 3.05) is 0 Å².